The number of sulfonamides is 1. The maximum Gasteiger partial charge on any atom is 0.338 e. The Balaban J connectivity index is 1.64. The van der Waals surface area contributed by atoms with E-state index in [-0.39, 0.29) is 46.1 Å². The van der Waals surface area contributed by atoms with Gasteiger partial charge in [-0.05, 0) is 64.2 Å². The Morgan fingerprint density at radius 1 is 1.19 bits per heavy atom. The molecule has 1 aromatic rings. The first-order valence-electron chi connectivity index (χ1n) is 10.6. The largest absolute Gasteiger partial charge is 0.452 e. The highest BCUT2D eigenvalue weighted by Gasteiger charge is 2.30. The van der Waals surface area contributed by atoms with Crippen molar-refractivity contribution in [2.75, 3.05) is 19.8 Å². The predicted octanol–water partition coefficient (Wildman–Crippen LogP) is 2.74. The third-order valence-corrected chi connectivity index (χ3v) is 7.69. The van der Waals surface area contributed by atoms with Crippen molar-refractivity contribution in [1.29, 1.82) is 0 Å². The van der Waals surface area contributed by atoms with E-state index in [0.29, 0.717) is 6.61 Å². The van der Waals surface area contributed by atoms with Gasteiger partial charge in [0.05, 0.1) is 16.7 Å². The summed E-state index contributed by atoms with van der Waals surface area (Å²) in [6.45, 7) is 4.32. The summed E-state index contributed by atoms with van der Waals surface area (Å²) in [5.41, 5.74) is 0.00873. The maximum absolute atomic E-state index is 12.7. The molecular formula is C21H29ClN2O6S. The topological polar surface area (TPSA) is 102 Å². The second kappa shape index (κ2) is 10.3. The number of benzene rings is 1. The number of esters is 1. The van der Waals surface area contributed by atoms with Gasteiger partial charge < -0.3 is 14.4 Å². The van der Waals surface area contributed by atoms with Crippen LogP contribution < -0.4 is 4.72 Å². The summed E-state index contributed by atoms with van der Waals surface area (Å²) in [6, 6.07) is 4.06. The molecule has 2 saturated heterocycles. The van der Waals surface area contributed by atoms with Crippen molar-refractivity contribution in [3.63, 3.8) is 0 Å². The number of halogens is 1. The average Bonchev–Trinajstić information content (AvgIpc) is 3.24. The molecule has 172 valence electrons. The van der Waals surface area contributed by atoms with E-state index >= 15 is 0 Å². The van der Waals surface area contributed by atoms with Crippen LogP contribution in [0.3, 0.4) is 0 Å². The normalized spacial score (nSPS) is 24.2. The zero-order chi connectivity index (χ0) is 22.6. The Morgan fingerprint density at radius 3 is 2.55 bits per heavy atom. The van der Waals surface area contributed by atoms with Gasteiger partial charge in [0.2, 0.25) is 10.0 Å². The van der Waals surface area contributed by atoms with E-state index in [1.807, 2.05) is 13.8 Å². The Hall–Kier alpha value is -1.68. The summed E-state index contributed by atoms with van der Waals surface area (Å²) in [5, 5.41) is -0.0107. The SMILES string of the molecule is CC1CCCC(C)N1C(=O)COC(=O)c1ccc(Cl)c(S(=O)(=O)NCC2CCCO2)c1. The lowest BCUT2D eigenvalue weighted by atomic mass is 9.97. The van der Waals surface area contributed by atoms with Gasteiger partial charge in [-0.3, -0.25) is 4.79 Å². The van der Waals surface area contributed by atoms with Crippen molar-refractivity contribution in [2.45, 2.75) is 69.0 Å². The van der Waals surface area contributed by atoms with Crippen molar-refractivity contribution in [1.82, 2.24) is 9.62 Å². The molecule has 0 spiro atoms. The first-order chi connectivity index (χ1) is 14.7. The number of likely N-dealkylation sites (tertiary alicyclic amines) is 1. The summed E-state index contributed by atoms with van der Waals surface area (Å²) in [4.78, 5) is 26.6. The van der Waals surface area contributed by atoms with Crippen LogP contribution in [0.1, 0.15) is 56.3 Å². The van der Waals surface area contributed by atoms with Crippen LogP contribution in [-0.4, -0.2) is 63.1 Å². The van der Waals surface area contributed by atoms with Gasteiger partial charge in [0.15, 0.2) is 6.61 Å². The number of hydrogen-bond acceptors (Lipinski definition) is 6. The van der Waals surface area contributed by atoms with Crippen molar-refractivity contribution >= 4 is 33.5 Å². The second-order valence-corrected chi connectivity index (χ2v) is 10.3. The van der Waals surface area contributed by atoms with Crippen molar-refractivity contribution in [2.24, 2.45) is 0 Å². The Morgan fingerprint density at radius 2 is 1.90 bits per heavy atom. The number of hydrogen-bond donors (Lipinski definition) is 1. The Kier molecular flexibility index (Phi) is 7.96. The van der Waals surface area contributed by atoms with Crippen LogP contribution in [-0.2, 0) is 24.3 Å². The molecule has 3 rings (SSSR count). The minimum absolute atomic E-state index is 0.00873. The molecule has 2 aliphatic heterocycles. The molecule has 0 aliphatic carbocycles. The van der Waals surface area contributed by atoms with E-state index < -0.39 is 22.6 Å². The molecule has 10 heteroatoms. The predicted molar refractivity (Wildman–Crippen MR) is 116 cm³/mol. The zero-order valence-corrected chi connectivity index (χ0v) is 19.4. The van der Waals surface area contributed by atoms with Crippen LogP contribution in [0.15, 0.2) is 23.1 Å². The van der Waals surface area contributed by atoms with Crippen LogP contribution in [0.2, 0.25) is 5.02 Å². The minimum atomic E-state index is -3.94. The van der Waals surface area contributed by atoms with Gasteiger partial charge in [-0.15, -0.1) is 0 Å². The molecule has 0 bridgehead atoms. The van der Waals surface area contributed by atoms with Gasteiger partial charge in [0.25, 0.3) is 5.91 Å². The van der Waals surface area contributed by atoms with Crippen molar-refractivity contribution in [3.05, 3.63) is 28.8 Å². The number of amides is 1. The molecule has 3 atom stereocenters. The molecule has 3 unspecified atom stereocenters. The van der Waals surface area contributed by atoms with E-state index in [0.717, 1.165) is 32.1 Å². The lowest BCUT2D eigenvalue weighted by Gasteiger charge is -2.38. The number of piperidine rings is 1. The Bertz CT molecular complexity index is 906. The fourth-order valence-corrected chi connectivity index (χ4v) is 5.71. The van der Waals surface area contributed by atoms with Crippen LogP contribution >= 0.6 is 11.6 Å². The van der Waals surface area contributed by atoms with Crippen LogP contribution in [0.4, 0.5) is 0 Å². The number of rotatable bonds is 7. The minimum Gasteiger partial charge on any atom is -0.452 e. The molecule has 1 aromatic carbocycles. The van der Waals surface area contributed by atoms with Gasteiger partial charge in [0, 0.05) is 25.2 Å². The van der Waals surface area contributed by atoms with Crippen LogP contribution in [0.5, 0.6) is 0 Å². The fourth-order valence-electron chi connectivity index (χ4n) is 4.12. The number of carbonyl (C=O) groups excluding carboxylic acids is 2. The molecule has 0 saturated carbocycles. The molecular weight excluding hydrogens is 444 g/mol. The highest BCUT2D eigenvalue weighted by atomic mass is 35.5. The van der Waals surface area contributed by atoms with E-state index in [9.17, 15) is 18.0 Å². The van der Waals surface area contributed by atoms with E-state index in [1.165, 1.54) is 18.2 Å². The number of ether oxygens (including phenoxy) is 2. The molecule has 31 heavy (non-hydrogen) atoms. The van der Waals surface area contributed by atoms with Gasteiger partial charge in [-0.25, -0.2) is 17.9 Å². The third kappa shape index (κ3) is 5.97. The molecule has 2 aliphatic rings. The average molecular weight is 473 g/mol. The summed E-state index contributed by atoms with van der Waals surface area (Å²) in [6.07, 6.45) is 4.40. The monoisotopic (exact) mass is 472 g/mol. The van der Waals surface area contributed by atoms with Crippen molar-refractivity contribution in [3.8, 4) is 0 Å². The molecule has 0 aromatic heterocycles. The highest BCUT2D eigenvalue weighted by molar-refractivity contribution is 7.89. The molecule has 1 amide bonds. The van der Waals surface area contributed by atoms with Gasteiger partial charge >= 0.3 is 5.97 Å². The summed E-state index contributed by atoms with van der Waals surface area (Å²) < 4.78 is 38.4. The smallest absolute Gasteiger partial charge is 0.338 e. The molecule has 2 fully saturated rings. The lowest BCUT2D eigenvalue weighted by Crippen LogP contribution is -2.49. The zero-order valence-electron chi connectivity index (χ0n) is 17.8. The van der Waals surface area contributed by atoms with Gasteiger partial charge in [-0.1, -0.05) is 11.6 Å². The molecule has 1 N–H and O–H groups in total. The van der Waals surface area contributed by atoms with E-state index in [4.69, 9.17) is 21.1 Å². The van der Waals surface area contributed by atoms with Crippen LogP contribution in [0.25, 0.3) is 0 Å². The number of nitrogens with zero attached hydrogens (tertiary/aromatic N) is 1. The maximum atomic E-state index is 12.7. The standard InChI is InChI=1S/C21H29ClN2O6S/c1-14-5-3-6-15(2)24(14)20(25)13-30-21(26)16-8-9-18(22)19(11-16)31(27,28)23-12-17-7-4-10-29-17/h8-9,11,14-15,17,23H,3-7,10,12-13H2,1-2H3. The first kappa shape index (κ1) is 24.0. The fraction of sp³-hybridized carbons (Fsp3) is 0.619. The van der Waals surface area contributed by atoms with E-state index in [2.05, 4.69) is 4.72 Å². The van der Waals surface area contributed by atoms with E-state index in [1.54, 1.807) is 4.90 Å². The quantitative estimate of drug-likeness (QED) is 0.612. The Labute approximate surface area is 188 Å². The highest BCUT2D eigenvalue weighted by Crippen LogP contribution is 2.25. The summed E-state index contributed by atoms with van der Waals surface area (Å²) >= 11 is 6.08. The first-order valence-corrected chi connectivity index (χ1v) is 12.4. The summed E-state index contributed by atoms with van der Waals surface area (Å²) in [7, 11) is -3.94. The lowest BCUT2D eigenvalue weighted by molar-refractivity contribution is -0.140. The molecule has 0 radical (unpaired) electrons. The van der Waals surface area contributed by atoms with Crippen molar-refractivity contribution < 1.29 is 27.5 Å². The third-order valence-electron chi connectivity index (χ3n) is 5.79. The molecule has 8 nitrogen and oxygen atoms in total. The molecule has 2 heterocycles. The number of nitrogens with one attached hydrogen (secondary N) is 1. The van der Waals surface area contributed by atoms with Crippen LogP contribution in [0, 0.1) is 0 Å². The van der Waals surface area contributed by atoms with Gasteiger partial charge in [0.1, 0.15) is 4.90 Å². The summed E-state index contributed by atoms with van der Waals surface area (Å²) in [5.74, 6) is -1.04. The number of carbonyl (C=O) groups is 2. The van der Waals surface area contributed by atoms with Gasteiger partial charge in [-0.2, -0.15) is 0 Å². The second-order valence-electron chi connectivity index (χ2n) is 8.14.